The average molecular weight is 284 g/mol. The highest BCUT2D eigenvalue weighted by Gasteiger charge is 2.40. The lowest BCUT2D eigenvalue weighted by Gasteiger charge is -2.38. The molecule has 2 rings (SSSR count). The summed E-state index contributed by atoms with van der Waals surface area (Å²) in [7, 11) is 0. The van der Waals surface area contributed by atoms with Crippen molar-refractivity contribution in [2.24, 2.45) is 5.73 Å². The van der Waals surface area contributed by atoms with E-state index in [-0.39, 0.29) is 5.91 Å². The number of hydrogen-bond donors (Lipinski definition) is 2. The van der Waals surface area contributed by atoms with Crippen LogP contribution in [-0.4, -0.2) is 23.2 Å². The Balaban J connectivity index is 2.04. The first kappa shape index (κ1) is 13.9. The number of carbonyl (C=O) groups is 1. The molecule has 2 unspecified atom stereocenters. The predicted octanol–water partition coefficient (Wildman–Crippen LogP) is 2.62. The number of hydrogen-bond acceptors (Lipinski definition) is 4. The van der Waals surface area contributed by atoms with Crippen LogP contribution in [0.5, 0.6) is 0 Å². The molecule has 3 nitrogen and oxygen atoms in total. The van der Waals surface area contributed by atoms with Gasteiger partial charge >= 0.3 is 0 Å². The molecule has 0 saturated heterocycles. The molecule has 1 aliphatic rings. The molecule has 0 radical (unpaired) electrons. The Labute approximate surface area is 117 Å². The van der Waals surface area contributed by atoms with E-state index in [1.54, 1.807) is 11.3 Å². The van der Waals surface area contributed by atoms with Gasteiger partial charge in [-0.2, -0.15) is 0 Å². The molecular weight excluding hydrogens is 264 g/mol. The number of likely N-dealkylation sites (N-methyl/N-ethyl adjacent to an activating group) is 1. The van der Waals surface area contributed by atoms with Crippen molar-refractivity contribution in [1.29, 1.82) is 0 Å². The summed E-state index contributed by atoms with van der Waals surface area (Å²) >= 11 is 3.65. The highest BCUT2D eigenvalue weighted by molar-refractivity contribution is 8.01. The van der Waals surface area contributed by atoms with Gasteiger partial charge in [0.05, 0.1) is 9.75 Å². The molecule has 2 atom stereocenters. The van der Waals surface area contributed by atoms with E-state index in [4.69, 9.17) is 5.73 Å². The maximum atomic E-state index is 11.8. The summed E-state index contributed by atoms with van der Waals surface area (Å²) < 4.78 is 1.33. The molecule has 0 bridgehead atoms. The zero-order valence-electron chi connectivity index (χ0n) is 10.6. The molecule has 18 heavy (non-hydrogen) atoms. The minimum absolute atomic E-state index is 0.194. The third-order valence-corrected chi connectivity index (χ3v) is 5.81. The Morgan fingerprint density at radius 2 is 2.56 bits per heavy atom. The number of nitrogens with two attached hydrogens (primary N) is 1. The molecule has 100 valence electrons. The summed E-state index contributed by atoms with van der Waals surface area (Å²) in [5.74, 6) is -0.194. The normalized spacial score (nSPS) is 28.2. The number of primary amides is 1. The molecule has 1 amide bonds. The molecule has 0 spiro atoms. The van der Waals surface area contributed by atoms with Crippen molar-refractivity contribution in [3.63, 3.8) is 0 Å². The van der Waals surface area contributed by atoms with Crippen molar-refractivity contribution >= 4 is 29.0 Å². The number of nitrogens with one attached hydrogen (secondary N) is 1. The van der Waals surface area contributed by atoms with E-state index in [9.17, 15) is 4.79 Å². The largest absolute Gasteiger partial charge is 0.368 e. The zero-order valence-corrected chi connectivity index (χ0v) is 12.3. The van der Waals surface area contributed by atoms with Crippen LogP contribution in [0.25, 0.3) is 0 Å². The molecule has 1 aromatic rings. The van der Waals surface area contributed by atoms with Crippen molar-refractivity contribution in [3.05, 3.63) is 17.5 Å². The molecular formula is C13H20N2OS2. The maximum absolute atomic E-state index is 11.8. The van der Waals surface area contributed by atoms with Gasteiger partial charge in [-0.1, -0.05) is 13.0 Å². The summed E-state index contributed by atoms with van der Waals surface area (Å²) in [6, 6.07) is 4.21. The van der Waals surface area contributed by atoms with Gasteiger partial charge in [-0.05, 0) is 43.7 Å². The Kier molecular flexibility index (Phi) is 4.70. The van der Waals surface area contributed by atoms with Gasteiger partial charge in [-0.3, -0.25) is 4.79 Å². The second-order valence-corrected chi connectivity index (χ2v) is 7.29. The first-order chi connectivity index (χ1) is 8.66. The Morgan fingerprint density at radius 1 is 1.72 bits per heavy atom. The lowest BCUT2D eigenvalue weighted by atomic mass is 9.80. The van der Waals surface area contributed by atoms with Gasteiger partial charge in [0.25, 0.3) is 0 Å². The maximum Gasteiger partial charge on any atom is 0.237 e. The minimum atomic E-state index is -0.484. The van der Waals surface area contributed by atoms with Crippen LogP contribution in [0.3, 0.4) is 0 Å². The number of carbonyl (C=O) groups excluding carboxylic acids is 1. The van der Waals surface area contributed by atoms with Crippen molar-refractivity contribution in [2.75, 3.05) is 6.54 Å². The fourth-order valence-corrected chi connectivity index (χ4v) is 5.01. The van der Waals surface area contributed by atoms with Gasteiger partial charge in [0.1, 0.15) is 0 Å². The lowest BCUT2D eigenvalue weighted by molar-refractivity contribution is -0.125. The van der Waals surface area contributed by atoms with Crippen LogP contribution in [0.4, 0.5) is 0 Å². The monoisotopic (exact) mass is 284 g/mol. The average Bonchev–Trinajstić information content (AvgIpc) is 2.82. The van der Waals surface area contributed by atoms with Gasteiger partial charge in [-0.15, -0.1) is 23.1 Å². The highest BCUT2D eigenvalue weighted by Crippen LogP contribution is 2.39. The zero-order chi connectivity index (χ0) is 13.0. The van der Waals surface area contributed by atoms with Gasteiger partial charge in [0, 0.05) is 5.25 Å². The standard InChI is InChI=1S/C13H20N2OS2/c1-2-15-13(12(14)16)7-3-5-10(9-13)18-11-6-4-8-17-11/h4,6,8,10,15H,2-3,5,7,9H2,1H3,(H2,14,16). The van der Waals surface area contributed by atoms with Crippen LogP contribution in [0.1, 0.15) is 32.6 Å². The molecule has 1 heterocycles. The van der Waals surface area contributed by atoms with Crippen LogP contribution in [-0.2, 0) is 4.79 Å². The van der Waals surface area contributed by atoms with Crippen LogP contribution in [0, 0.1) is 0 Å². The summed E-state index contributed by atoms with van der Waals surface area (Å²) in [6.07, 6.45) is 3.96. The number of amides is 1. The topological polar surface area (TPSA) is 55.1 Å². The van der Waals surface area contributed by atoms with Crippen LogP contribution < -0.4 is 11.1 Å². The number of thioether (sulfide) groups is 1. The first-order valence-electron chi connectivity index (χ1n) is 6.41. The molecule has 5 heteroatoms. The van der Waals surface area contributed by atoms with E-state index >= 15 is 0 Å². The molecule has 1 saturated carbocycles. The van der Waals surface area contributed by atoms with Crippen LogP contribution in [0.2, 0.25) is 0 Å². The molecule has 3 N–H and O–H groups in total. The molecule has 1 aliphatic carbocycles. The van der Waals surface area contributed by atoms with E-state index in [0.29, 0.717) is 5.25 Å². The van der Waals surface area contributed by atoms with Gasteiger partial charge in [0.2, 0.25) is 5.91 Å². The summed E-state index contributed by atoms with van der Waals surface area (Å²) in [5.41, 5.74) is 5.13. The molecule has 1 fully saturated rings. The number of thiophene rings is 1. The summed E-state index contributed by atoms with van der Waals surface area (Å²) in [5, 5.41) is 5.91. The van der Waals surface area contributed by atoms with E-state index in [1.165, 1.54) is 10.6 Å². The quantitative estimate of drug-likeness (QED) is 0.874. The van der Waals surface area contributed by atoms with Crippen LogP contribution in [0.15, 0.2) is 21.7 Å². The SMILES string of the molecule is CCNC1(C(N)=O)CCCC(Sc2cccs2)C1. The van der Waals surface area contributed by atoms with Gasteiger partial charge in [-0.25, -0.2) is 0 Å². The van der Waals surface area contributed by atoms with E-state index in [0.717, 1.165) is 25.8 Å². The smallest absolute Gasteiger partial charge is 0.237 e. The van der Waals surface area contributed by atoms with Crippen molar-refractivity contribution in [1.82, 2.24) is 5.32 Å². The molecule has 1 aromatic heterocycles. The van der Waals surface area contributed by atoms with Crippen LogP contribution >= 0.6 is 23.1 Å². The van der Waals surface area contributed by atoms with E-state index in [2.05, 4.69) is 22.8 Å². The van der Waals surface area contributed by atoms with E-state index in [1.807, 2.05) is 18.7 Å². The fourth-order valence-electron chi connectivity index (χ4n) is 2.63. The highest BCUT2D eigenvalue weighted by atomic mass is 32.2. The van der Waals surface area contributed by atoms with Crippen molar-refractivity contribution < 1.29 is 4.79 Å². The molecule has 0 aromatic carbocycles. The van der Waals surface area contributed by atoms with Gasteiger partial charge < -0.3 is 11.1 Å². The summed E-state index contributed by atoms with van der Waals surface area (Å²) in [4.78, 5) is 11.8. The fraction of sp³-hybridized carbons (Fsp3) is 0.615. The molecule has 0 aliphatic heterocycles. The Hall–Kier alpha value is -0.520. The Bertz CT molecular complexity index is 390. The second kappa shape index (κ2) is 6.08. The minimum Gasteiger partial charge on any atom is -0.368 e. The first-order valence-corrected chi connectivity index (χ1v) is 8.17. The Morgan fingerprint density at radius 3 is 3.17 bits per heavy atom. The van der Waals surface area contributed by atoms with Crippen molar-refractivity contribution in [2.45, 2.75) is 47.6 Å². The predicted molar refractivity (Wildman–Crippen MR) is 78.0 cm³/mol. The van der Waals surface area contributed by atoms with E-state index < -0.39 is 5.54 Å². The summed E-state index contributed by atoms with van der Waals surface area (Å²) in [6.45, 7) is 2.82. The third-order valence-electron chi connectivity index (χ3n) is 3.47. The van der Waals surface area contributed by atoms with Gasteiger partial charge in [0.15, 0.2) is 0 Å². The lowest BCUT2D eigenvalue weighted by Crippen LogP contribution is -2.58. The number of rotatable bonds is 5. The van der Waals surface area contributed by atoms with Crippen molar-refractivity contribution in [3.8, 4) is 0 Å². The second-order valence-electron chi connectivity index (χ2n) is 4.74. The third kappa shape index (κ3) is 3.08.